The summed E-state index contributed by atoms with van der Waals surface area (Å²) in [4.78, 5) is 45.5. The monoisotopic (exact) mass is 577 g/mol. The standard InChI is InChI=1S/C30H32FN5O4S/c31-22-10-8-21(9-11-22)24-19-41-29(34-24)35-26(37)18-36-16-5-13-30(20-36)12-3-4-17-40-25-7-2-1-6-23(25)27(38)32-14-15-33-28(30)39/h1-4,6-11,19H,5,12-18,20H2,(H,32,38)(H,33,39)(H,34,35,37)/b4-3-. The third-order valence-electron chi connectivity index (χ3n) is 7.23. The lowest BCUT2D eigenvalue weighted by molar-refractivity contribution is -0.135. The van der Waals surface area contributed by atoms with Crippen LogP contribution in [0.2, 0.25) is 0 Å². The van der Waals surface area contributed by atoms with E-state index in [0.29, 0.717) is 54.6 Å². The Kier molecular flexibility index (Phi) is 9.05. The number of allylic oxidation sites excluding steroid dienone is 1. The van der Waals surface area contributed by atoms with Crippen LogP contribution < -0.4 is 20.7 Å². The molecule has 214 valence electrons. The van der Waals surface area contributed by atoms with Crippen molar-refractivity contribution < 1.29 is 23.5 Å². The lowest BCUT2D eigenvalue weighted by Gasteiger charge is -2.41. The number of aromatic nitrogens is 1. The van der Waals surface area contributed by atoms with Crippen LogP contribution in [0.25, 0.3) is 11.3 Å². The Bertz CT molecular complexity index is 1430. The second kappa shape index (κ2) is 13.0. The molecule has 3 heterocycles. The summed E-state index contributed by atoms with van der Waals surface area (Å²) in [6.45, 7) is 2.08. The summed E-state index contributed by atoms with van der Waals surface area (Å²) in [5.74, 6) is -0.382. The molecule has 1 saturated heterocycles. The van der Waals surface area contributed by atoms with E-state index in [1.807, 2.05) is 28.5 Å². The quantitative estimate of drug-likeness (QED) is 0.406. The van der Waals surface area contributed by atoms with Gasteiger partial charge < -0.3 is 20.7 Å². The fraction of sp³-hybridized carbons (Fsp3) is 0.333. The smallest absolute Gasteiger partial charge is 0.255 e. The number of halogens is 1. The van der Waals surface area contributed by atoms with E-state index in [-0.39, 0.29) is 43.2 Å². The maximum atomic E-state index is 13.5. The number of likely N-dealkylation sites (tertiary alicyclic amines) is 1. The minimum atomic E-state index is -0.710. The van der Waals surface area contributed by atoms with Crippen LogP contribution in [0.15, 0.2) is 66.1 Å². The molecule has 3 aromatic rings. The molecule has 2 aromatic carbocycles. The van der Waals surface area contributed by atoms with Crippen molar-refractivity contribution in [2.24, 2.45) is 5.41 Å². The van der Waals surface area contributed by atoms with E-state index in [0.717, 1.165) is 12.0 Å². The van der Waals surface area contributed by atoms with Crippen molar-refractivity contribution in [3.05, 3.63) is 77.4 Å². The van der Waals surface area contributed by atoms with E-state index in [2.05, 4.69) is 20.9 Å². The number of ether oxygens (including phenoxy) is 1. The number of fused-ring (bicyclic) bond motifs is 1. The molecule has 0 bridgehead atoms. The molecule has 0 radical (unpaired) electrons. The van der Waals surface area contributed by atoms with Gasteiger partial charge in [0.15, 0.2) is 5.13 Å². The highest BCUT2D eigenvalue weighted by Gasteiger charge is 2.41. The Balaban J connectivity index is 1.22. The second-order valence-corrected chi connectivity index (χ2v) is 11.0. The molecule has 9 nitrogen and oxygen atoms in total. The van der Waals surface area contributed by atoms with Crippen molar-refractivity contribution >= 4 is 34.2 Å². The van der Waals surface area contributed by atoms with Gasteiger partial charge in [0.1, 0.15) is 18.2 Å². The van der Waals surface area contributed by atoms with Gasteiger partial charge in [-0.15, -0.1) is 11.3 Å². The zero-order valence-electron chi connectivity index (χ0n) is 22.5. The molecule has 5 rings (SSSR count). The van der Waals surface area contributed by atoms with Gasteiger partial charge in [-0.1, -0.05) is 24.3 Å². The van der Waals surface area contributed by atoms with Crippen molar-refractivity contribution in [2.75, 3.05) is 44.6 Å². The molecule has 1 atom stereocenters. The van der Waals surface area contributed by atoms with Crippen molar-refractivity contribution in [1.82, 2.24) is 20.5 Å². The van der Waals surface area contributed by atoms with E-state index in [1.165, 1.54) is 23.5 Å². The van der Waals surface area contributed by atoms with Gasteiger partial charge in [-0.25, -0.2) is 9.37 Å². The number of amides is 3. The van der Waals surface area contributed by atoms with Crippen LogP contribution in [0, 0.1) is 11.2 Å². The van der Waals surface area contributed by atoms with Gasteiger partial charge in [-0.3, -0.25) is 19.3 Å². The number of anilines is 1. The molecule has 41 heavy (non-hydrogen) atoms. The van der Waals surface area contributed by atoms with Gasteiger partial charge in [0, 0.05) is 30.6 Å². The molecule has 11 heteroatoms. The largest absolute Gasteiger partial charge is 0.489 e. The third-order valence-corrected chi connectivity index (χ3v) is 7.99. The van der Waals surface area contributed by atoms with Crippen molar-refractivity contribution in [2.45, 2.75) is 19.3 Å². The summed E-state index contributed by atoms with van der Waals surface area (Å²) in [6, 6.07) is 13.1. The first-order valence-electron chi connectivity index (χ1n) is 13.6. The summed E-state index contributed by atoms with van der Waals surface area (Å²) in [6.07, 6.45) is 5.76. The first kappa shape index (κ1) is 28.4. The maximum Gasteiger partial charge on any atom is 0.255 e. The molecule has 1 unspecified atom stereocenters. The molecule has 2 aliphatic rings. The second-order valence-electron chi connectivity index (χ2n) is 10.2. The molecule has 0 saturated carbocycles. The topological polar surface area (TPSA) is 113 Å². The van der Waals surface area contributed by atoms with Gasteiger partial charge >= 0.3 is 0 Å². The van der Waals surface area contributed by atoms with Crippen LogP contribution in [0.3, 0.4) is 0 Å². The number of carbonyl (C=O) groups is 3. The number of thiazole rings is 1. The predicted octanol–water partition coefficient (Wildman–Crippen LogP) is 3.85. The highest BCUT2D eigenvalue weighted by molar-refractivity contribution is 7.14. The van der Waals surface area contributed by atoms with E-state index in [1.54, 1.807) is 30.3 Å². The average molecular weight is 578 g/mol. The Morgan fingerprint density at radius 3 is 2.76 bits per heavy atom. The molecule has 0 aliphatic carbocycles. The van der Waals surface area contributed by atoms with Crippen molar-refractivity contribution in [3.8, 4) is 17.0 Å². The first-order chi connectivity index (χ1) is 19.9. The van der Waals surface area contributed by atoms with E-state index >= 15 is 0 Å². The molecular weight excluding hydrogens is 545 g/mol. The first-order valence-corrected chi connectivity index (χ1v) is 14.5. The SMILES string of the molecule is O=C(CN1CCCC2(C/C=C\COc3ccccc3C(=O)NCCNC2=O)C1)Nc1nc(-c2ccc(F)cc2)cs1. The van der Waals surface area contributed by atoms with Crippen LogP contribution in [-0.2, 0) is 9.59 Å². The van der Waals surface area contributed by atoms with Crippen molar-refractivity contribution in [1.29, 1.82) is 0 Å². The Morgan fingerprint density at radius 1 is 1.10 bits per heavy atom. The lowest BCUT2D eigenvalue weighted by Crippen LogP contribution is -2.53. The number of benzene rings is 2. The van der Waals surface area contributed by atoms with Crippen molar-refractivity contribution in [3.63, 3.8) is 0 Å². The summed E-state index contributed by atoms with van der Waals surface area (Å²) >= 11 is 1.30. The molecule has 1 fully saturated rings. The maximum absolute atomic E-state index is 13.5. The minimum absolute atomic E-state index is 0.0938. The van der Waals surface area contributed by atoms with Gasteiger partial charge in [0.05, 0.1) is 23.2 Å². The van der Waals surface area contributed by atoms with Crippen LogP contribution in [-0.4, -0.2) is 66.9 Å². The molecular formula is C30H32FN5O4S. The summed E-state index contributed by atoms with van der Waals surface area (Å²) in [7, 11) is 0. The fourth-order valence-electron chi connectivity index (χ4n) is 5.18. The summed E-state index contributed by atoms with van der Waals surface area (Å²) in [5.41, 5.74) is 1.17. The van der Waals surface area contributed by atoms with Gasteiger partial charge in [-0.2, -0.15) is 0 Å². The number of carbonyl (C=O) groups excluding carboxylic acids is 3. The highest BCUT2D eigenvalue weighted by Crippen LogP contribution is 2.35. The Morgan fingerprint density at radius 2 is 1.90 bits per heavy atom. The number of nitrogens with zero attached hydrogens (tertiary/aromatic N) is 2. The zero-order valence-corrected chi connectivity index (χ0v) is 23.3. The van der Waals surface area contributed by atoms with E-state index in [4.69, 9.17) is 4.74 Å². The zero-order chi connectivity index (χ0) is 28.7. The van der Waals surface area contributed by atoms with Crippen LogP contribution in [0.5, 0.6) is 5.75 Å². The summed E-state index contributed by atoms with van der Waals surface area (Å²) < 4.78 is 19.1. The van der Waals surface area contributed by atoms with Gasteiger partial charge in [0.2, 0.25) is 11.8 Å². The molecule has 3 N–H and O–H groups in total. The van der Waals surface area contributed by atoms with E-state index in [9.17, 15) is 18.8 Å². The number of piperidine rings is 1. The molecule has 3 amide bonds. The Hall–Kier alpha value is -4.09. The van der Waals surface area contributed by atoms with E-state index < -0.39 is 5.41 Å². The van der Waals surface area contributed by atoms with Crippen LogP contribution in [0.1, 0.15) is 29.6 Å². The number of hydrogen-bond acceptors (Lipinski definition) is 7. The van der Waals surface area contributed by atoms with Gasteiger partial charge in [-0.05, 0) is 62.2 Å². The fourth-order valence-corrected chi connectivity index (χ4v) is 5.92. The third kappa shape index (κ3) is 7.17. The number of nitrogens with one attached hydrogen (secondary N) is 3. The number of rotatable bonds is 4. The average Bonchev–Trinajstić information content (AvgIpc) is 3.43. The molecule has 1 aromatic heterocycles. The summed E-state index contributed by atoms with van der Waals surface area (Å²) in [5, 5.41) is 11.0. The number of para-hydroxylation sites is 1. The molecule has 2 aliphatic heterocycles. The highest BCUT2D eigenvalue weighted by atomic mass is 32.1. The lowest BCUT2D eigenvalue weighted by atomic mass is 9.76. The predicted molar refractivity (Wildman–Crippen MR) is 155 cm³/mol. The van der Waals surface area contributed by atoms with Crippen LogP contribution >= 0.6 is 11.3 Å². The van der Waals surface area contributed by atoms with Gasteiger partial charge in [0.25, 0.3) is 5.91 Å². The minimum Gasteiger partial charge on any atom is -0.489 e. The Labute approximate surface area is 241 Å². The normalized spacial score (nSPS) is 21.1. The van der Waals surface area contributed by atoms with Crippen LogP contribution in [0.4, 0.5) is 9.52 Å². The molecule has 1 spiro atoms. The number of hydrogen-bond donors (Lipinski definition) is 3.